The Balaban J connectivity index is 1.87. The van der Waals surface area contributed by atoms with Crippen molar-refractivity contribution in [1.29, 1.82) is 0 Å². The van der Waals surface area contributed by atoms with Crippen LogP contribution >= 0.6 is 11.6 Å². The molecule has 0 aliphatic carbocycles. The molecule has 1 N–H and O–H groups in total. The van der Waals surface area contributed by atoms with Crippen LogP contribution in [0.15, 0.2) is 65.6 Å². The van der Waals surface area contributed by atoms with Gasteiger partial charge in [0, 0.05) is 6.54 Å². The molecule has 0 fully saturated rings. The van der Waals surface area contributed by atoms with Gasteiger partial charge < -0.3 is 19.5 Å². The highest BCUT2D eigenvalue weighted by Crippen LogP contribution is 2.38. The van der Waals surface area contributed by atoms with Gasteiger partial charge in [0.25, 0.3) is 10.0 Å². The highest BCUT2D eigenvalue weighted by Gasteiger charge is 2.28. The van der Waals surface area contributed by atoms with E-state index in [9.17, 15) is 13.2 Å². The lowest BCUT2D eigenvalue weighted by Gasteiger charge is -2.25. The van der Waals surface area contributed by atoms with E-state index in [0.29, 0.717) is 22.8 Å². The fourth-order valence-electron chi connectivity index (χ4n) is 3.42. The predicted octanol–water partition coefficient (Wildman–Crippen LogP) is 4.19. The zero-order valence-electron chi connectivity index (χ0n) is 19.9. The van der Waals surface area contributed by atoms with Crippen molar-refractivity contribution in [3.8, 4) is 17.2 Å². The predicted molar refractivity (Wildman–Crippen MR) is 135 cm³/mol. The first-order valence-corrected chi connectivity index (χ1v) is 12.4. The Labute approximate surface area is 210 Å². The minimum absolute atomic E-state index is 0.0560. The molecule has 10 heteroatoms. The maximum absolute atomic E-state index is 13.5. The summed E-state index contributed by atoms with van der Waals surface area (Å²) >= 11 is 6.31. The van der Waals surface area contributed by atoms with E-state index >= 15 is 0 Å². The number of sulfonamides is 1. The largest absolute Gasteiger partial charge is 0.493 e. The number of nitrogens with one attached hydrogen (secondary N) is 1. The summed E-state index contributed by atoms with van der Waals surface area (Å²) in [6.07, 6.45) is 0. The number of aryl methyl sites for hydroxylation is 1. The van der Waals surface area contributed by atoms with E-state index in [1.54, 1.807) is 48.5 Å². The summed E-state index contributed by atoms with van der Waals surface area (Å²) in [5.41, 5.74) is 1.80. The number of hydrogen-bond donors (Lipinski definition) is 1. The summed E-state index contributed by atoms with van der Waals surface area (Å²) < 4.78 is 44.0. The molecule has 0 heterocycles. The Morgan fingerprint density at radius 3 is 2.09 bits per heavy atom. The summed E-state index contributed by atoms with van der Waals surface area (Å²) in [5, 5.41) is 2.96. The van der Waals surface area contributed by atoms with E-state index in [0.717, 1.165) is 9.87 Å². The van der Waals surface area contributed by atoms with Crippen LogP contribution in [-0.2, 0) is 21.4 Å². The Morgan fingerprint density at radius 1 is 0.943 bits per heavy atom. The molecule has 1 amide bonds. The van der Waals surface area contributed by atoms with Crippen LogP contribution < -0.4 is 23.8 Å². The maximum Gasteiger partial charge on any atom is 0.264 e. The average molecular weight is 519 g/mol. The molecular weight excluding hydrogens is 492 g/mol. The number of nitrogens with zero attached hydrogens (tertiary/aromatic N) is 1. The monoisotopic (exact) mass is 518 g/mol. The van der Waals surface area contributed by atoms with Crippen molar-refractivity contribution in [2.75, 3.05) is 32.2 Å². The maximum atomic E-state index is 13.5. The summed E-state index contributed by atoms with van der Waals surface area (Å²) in [6.45, 7) is 1.50. The van der Waals surface area contributed by atoms with Gasteiger partial charge in [-0.25, -0.2) is 8.42 Å². The van der Waals surface area contributed by atoms with Crippen molar-refractivity contribution >= 4 is 33.2 Å². The molecule has 0 aliphatic rings. The van der Waals surface area contributed by atoms with Crippen LogP contribution in [0.1, 0.15) is 11.1 Å². The summed E-state index contributed by atoms with van der Waals surface area (Å²) in [5.74, 6) is 0.792. The first kappa shape index (κ1) is 26.2. The van der Waals surface area contributed by atoms with E-state index < -0.39 is 22.5 Å². The minimum atomic E-state index is -4.07. The molecule has 0 radical (unpaired) electrons. The zero-order chi connectivity index (χ0) is 25.6. The van der Waals surface area contributed by atoms with Crippen molar-refractivity contribution in [1.82, 2.24) is 5.32 Å². The molecule has 0 aromatic heterocycles. The molecule has 0 bridgehead atoms. The van der Waals surface area contributed by atoms with Crippen molar-refractivity contribution in [3.05, 3.63) is 76.8 Å². The average Bonchev–Trinajstić information content (AvgIpc) is 2.86. The Kier molecular flexibility index (Phi) is 8.48. The quantitative estimate of drug-likeness (QED) is 0.432. The number of halogens is 1. The lowest BCUT2D eigenvalue weighted by atomic mass is 10.1. The molecule has 3 aromatic carbocycles. The van der Waals surface area contributed by atoms with Gasteiger partial charge in [-0.2, -0.15) is 0 Å². The topological polar surface area (TPSA) is 94.2 Å². The molecule has 3 aromatic rings. The third kappa shape index (κ3) is 5.98. The van der Waals surface area contributed by atoms with E-state index in [4.69, 9.17) is 25.8 Å². The van der Waals surface area contributed by atoms with Crippen molar-refractivity contribution in [3.63, 3.8) is 0 Å². The number of para-hydroxylation sites is 1. The second-order valence-corrected chi connectivity index (χ2v) is 9.86. The second kappa shape index (κ2) is 11.3. The Bertz CT molecular complexity index is 1270. The summed E-state index contributed by atoms with van der Waals surface area (Å²) in [7, 11) is 0.424. The molecular formula is C25H27ClN2O6S. The van der Waals surface area contributed by atoms with Crippen molar-refractivity contribution in [2.45, 2.75) is 18.4 Å². The van der Waals surface area contributed by atoms with Gasteiger partial charge in [0.05, 0.1) is 36.9 Å². The fraction of sp³-hybridized carbons (Fsp3) is 0.240. The SMILES string of the molecule is COc1cc(CNC(=O)CN(c2ccccc2Cl)S(=O)(=O)c2ccc(C)cc2)cc(OC)c1OC. The number of methoxy groups -OCH3 is 3. The van der Waals surface area contributed by atoms with Gasteiger partial charge in [-0.15, -0.1) is 0 Å². The van der Waals surface area contributed by atoms with Gasteiger partial charge in [0.15, 0.2) is 11.5 Å². The zero-order valence-corrected chi connectivity index (χ0v) is 21.4. The molecule has 8 nitrogen and oxygen atoms in total. The lowest BCUT2D eigenvalue weighted by Crippen LogP contribution is -2.40. The minimum Gasteiger partial charge on any atom is -0.493 e. The van der Waals surface area contributed by atoms with Crippen LogP contribution in [0.5, 0.6) is 17.2 Å². The van der Waals surface area contributed by atoms with Crippen molar-refractivity contribution in [2.24, 2.45) is 0 Å². The van der Waals surface area contributed by atoms with Crippen LogP contribution in [0, 0.1) is 6.92 Å². The smallest absolute Gasteiger partial charge is 0.264 e. The van der Waals surface area contributed by atoms with E-state index in [2.05, 4.69) is 5.32 Å². The van der Waals surface area contributed by atoms with E-state index in [1.807, 2.05) is 6.92 Å². The van der Waals surface area contributed by atoms with Gasteiger partial charge >= 0.3 is 0 Å². The molecule has 0 aliphatic heterocycles. The van der Waals surface area contributed by atoms with Crippen LogP contribution in [0.3, 0.4) is 0 Å². The van der Waals surface area contributed by atoms with Crippen LogP contribution in [0.4, 0.5) is 5.69 Å². The highest BCUT2D eigenvalue weighted by atomic mass is 35.5. The van der Waals surface area contributed by atoms with Crippen LogP contribution in [0.2, 0.25) is 5.02 Å². The fourth-order valence-corrected chi connectivity index (χ4v) is 5.14. The molecule has 35 heavy (non-hydrogen) atoms. The van der Waals surface area contributed by atoms with Gasteiger partial charge in [0.2, 0.25) is 11.7 Å². The number of anilines is 1. The number of amides is 1. The lowest BCUT2D eigenvalue weighted by molar-refractivity contribution is -0.119. The number of benzene rings is 3. The second-order valence-electron chi connectivity index (χ2n) is 7.59. The number of ether oxygens (including phenoxy) is 3. The molecule has 0 spiro atoms. The summed E-state index contributed by atoms with van der Waals surface area (Å²) in [6, 6.07) is 16.3. The normalized spacial score (nSPS) is 11.0. The van der Waals surface area contributed by atoms with Crippen molar-refractivity contribution < 1.29 is 27.4 Å². The molecule has 0 saturated carbocycles. The number of rotatable bonds is 10. The Morgan fingerprint density at radius 2 is 1.54 bits per heavy atom. The first-order valence-electron chi connectivity index (χ1n) is 10.6. The van der Waals surface area contributed by atoms with Gasteiger partial charge in [-0.3, -0.25) is 9.10 Å². The Hall–Kier alpha value is -3.43. The highest BCUT2D eigenvalue weighted by molar-refractivity contribution is 7.92. The van der Waals surface area contributed by atoms with Gasteiger partial charge in [-0.05, 0) is 48.9 Å². The molecule has 0 saturated heterocycles. The summed E-state index contributed by atoms with van der Waals surface area (Å²) in [4.78, 5) is 13.0. The van der Waals surface area contributed by atoms with Crippen LogP contribution in [0.25, 0.3) is 0 Å². The van der Waals surface area contributed by atoms with E-state index in [1.165, 1.54) is 33.5 Å². The third-order valence-corrected chi connectivity index (χ3v) is 7.33. The molecule has 0 unspecified atom stereocenters. The molecule has 0 atom stereocenters. The third-order valence-electron chi connectivity index (χ3n) is 5.23. The van der Waals surface area contributed by atoms with Gasteiger partial charge in [-0.1, -0.05) is 41.4 Å². The number of hydrogen-bond acceptors (Lipinski definition) is 6. The first-order chi connectivity index (χ1) is 16.7. The standard InChI is InChI=1S/C25H27ClN2O6S/c1-17-9-11-19(12-10-17)35(30,31)28(21-8-6-5-7-20(21)26)16-24(29)27-15-18-13-22(32-2)25(34-4)23(14-18)33-3/h5-14H,15-16H2,1-4H3,(H,27,29). The van der Waals surface area contributed by atoms with E-state index in [-0.39, 0.29) is 22.2 Å². The number of carbonyl (C=O) groups excluding carboxylic acids is 1. The molecule has 3 rings (SSSR count). The van der Waals surface area contributed by atoms with Gasteiger partial charge in [0.1, 0.15) is 6.54 Å². The van der Waals surface area contributed by atoms with Crippen LogP contribution in [-0.4, -0.2) is 42.2 Å². The molecule has 186 valence electrons. The number of carbonyl (C=O) groups is 1.